The maximum absolute atomic E-state index is 11.2. The molecule has 106 valence electrons. The molecule has 0 saturated carbocycles. The molecule has 1 N–H and O–H groups in total. The SMILES string of the molecule is CS(=O)(=O)Cc1noc(-c2ccc3c(c2)CNCC3)n1. The van der Waals surface area contributed by atoms with Crippen LogP contribution in [0, 0.1) is 0 Å². The Morgan fingerprint density at radius 2 is 2.20 bits per heavy atom. The minimum atomic E-state index is -3.16. The first kappa shape index (κ1) is 13.3. The van der Waals surface area contributed by atoms with Crippen molar-refractivity contribution < 1.29 is 12.9 Å². The summed E-state index contributed by atoms with van der Waals surface area (Å²) in [5.74, 6) is 0.346. The first-order chi connectivity index (χ1) is 9.51. The molecule has 0 atom stereocenters. The van der Waals surface area contributed by atoms with E-state index in [9.17, 15) is 8.42 Å². The number of hydrogen-bond donors (Lipinski definition) is 1. The van der Waals surface area contributed by atoms with E-state index in [1.54, 1.807) is 0 Å². The van der Waals surface area contributed by atoms with Gasteiger partial charge in [-0.1, -0.05) is 11.2 Å². The van der Waals surface area contributed by atoms with Crippen LogP contribution in [0.25, 0.3) is 11.5 Å². The molecule has 0 bridgehead atoms. The van der Waals surface area contributed by atoms with Crippen LogP contribution in [0.4, 0.5) is 0 Å². The van der Waals surface area contributed by atoms with E-state index in [1.807, 2.05) is 12.1 Å². The van der Waals surface area contributed by atoms with E-state index in [2.05, 4.69) is 21.5 Å². The van der Waals surface area contributed by atoms with Gasteiger partial charge in [0.15, 0.2) is 15.7 Å². The van der Waals surface area contributed by atoms with E-state index in [4.69, 9.17) is 4.52 Å². The molecule has 0 amide bonds. The van der Waals surface area contributed by atoms with Gasteiger partial charge in [-0.25, -0.2) is 8.42 Å². The summed E-state index contributed by atoms with van der Waals surface area (Å²) in [4.78, 5) is 4.14. The minimum Gasteiger partial charge on any atom is -0.334 e. The molecule has 3 rings (SSSR count). The summed E-state index contributed by atoms with van der Waals surface area (Å²) in [6.07, 6.45) is 2.16. The molecule has 6 nitrogen and oxygen atoms in total. The van der Waals surface area contributed by atoms with Gasteiger partial charge in [-0.2, -0.15) is 4.98 Å². The molecule has 0 fully saturated rings. The monoisotopic (exact) mass is 293 g/mol. The smallest absolute Gasteiger partial charge is 0.257 e. The molecule has 20 heavy (non-hydrogen) atoms. The lowest BCUT2D eigenvalue weighted by Gasteiger charge is -2.16. The summed E-state index contributed by atoms with van der Waals surface area (Å²) in [7, 11) is -3.16. The van der Waals surface area contributed by atoms with Crippen LogP contribution in [0.3, 0.4) is 0 Å². The molecular weight excluding hydrogens is 278 g/mol. The van der Waals surface area contributed by atoms with Crippen molar-refractivity contribution in [3.05, 3.63) is 35.2 Å². The summed E-state index contributed by atoms with van der Waals surface area (Å²) in [5.41, 5.74) is 3.36. The second-order valence-corrected chi connectivity index (χ2v) is 7.14. The standard InChI is InChI=1S/C13H15N3O3S/c1-20(17,18)8-12-15-13(19-16-12)10-3-2-9-4-5-14-7-11(9)6-10/h2-3,6,14H,4-5,7-8H2,1H3. The lowest BCUT2D eigenvalue weighted by Crippen LogP contribution is -2.23. The maximum Gasteiger partial charge on any atom is 0.257 e. The topological polar surface area (TPSA) is 85.1 Å². The second kappa shape index (κ2) is 4.99. The number of rotatable bonds is 3. The van der Waals surface area contributed by atoms with Gasteiger partial charge >= 0.3 is 0 Å². The van der Waals surface area contributed by atoms with Crippen molar-refractivity contribution >= 4 is 9.84 Å². The van der Waals surface area contributed by atoms with Crippen molar-refractivity contribution in [3.63, 3.8) is 0 Å². The quantitative estimate of drug-likeness (QED) is 0.906. The third-order valence-electron chi connectivity index (χ3n) is 3.20. The van der Waals surface area contributed by atoms with Crippen LogP contribution < -0.4 is 5.32 Å². The van der Waals surface area contributed by atoms with Crippen LogP contribution in [-0.2, 0) is 28.6 Å². The molecule has 1 aromatic carbocycles. The normalized spacial score (nSPS) is 15.1. The predicted molar refractivity (Wildman–Crippen MR) is 73.7 cm³/mol. The number of nitrogens with one attached hydrogen (secondary N) is 1. The Morgan fingerprint density at radius 3 is 3.00 bits per heavy atom. The Hall–Kier alpha value is -1.73. The van der Waals surface area contributed by atoms with Crippen LogP contribution in [0.1, 0.15) is 17.0 Å². The Labute approximate surface area is 117 Å². The Balaban J connectivity index is 1.89. The van der Waals surface area contributed by atoms with Gasteiger partial charge in [0.05, 0.1) is 0 Å². The van der Waals surface area contributed by atoms with Crippen molar-refractivity contribution in [1.29, 1.82) is 0 Å². The van der Waals surface area contributed by atoms with Crippen LogP contribution in [-0.4, -0.2) is 31.4 Å². The average molecular weight is 293 g/mol. The highest BCUT2D eigenvalue weighted by atomic mass is 32.2. The first-order valence-electron chi connectivity index (χ1n) is 6.34. The second-order valence-electron chi connectivity index (χ2n) is 5.00. The van der Waals surface area contributed by atoms with Crippen LogP contribution in [0.5, 0.6) is 0 Å². The van der Waals surface area contributed by atoms with E-state index in [0.717, 1.165) is 31.3 Å². The van der Waals surface area contributed by atoms with Crippen molar-refractivity contribution in [1.82, 2.24) is 15.5 Å². The molecule has 1 aromatic heterocycles. The molecule has 0 unspecified atom stereocenters. The Bertz CT molecular complexity index is 737. The van der Waals surface area contributed by atoms with Gasteiger partial charge in [-0.3, -0.25) is 0 Å². The molecule has 1 aliphatic heterocycles. The van der Waals surface area contributed by atoms with Crippen LogP contribution in [0.2, 0.25) is 0 Å². The van der Waals surface area contributed by atoms with Crippen molar-refractivity contribution in [2.45, 2.75) is 18.7 Å². The predicted octanol–water partition coefficient (Wildman–Crippen LogP) is 0.927. The molecule has 2 heterocycles. The van der Waals surface area contributed by atoms with Gasteiger partial charge in [0, 0.05) is 18.4 Å². The molecule has 7 heteroatoms. The van der Waals surface area contributed by atoms with Gasteiger partial charge in [-0.05, 0) is 36.2 Å². The van der Waals surface area contributed by atoms with E-state index in [0.29, 0.717) is 5.89 Å². The van der Waals surface area contributed by atoms with Crippen molar-refractivity contribution in [2.24, 2.45) is 0 Å². The number of sulfone groups is 1. The molecular formula is C13H15N3O3S. The van der Waals surface area contributed by atoms with Crippen molar-refractivity contribution in [2.75, 3.05) is 12.8 Å². The van der Waals surface area contributed by atoms with E-state index < -0.39 is 9.84 Å². The zero-order valence-electron chi connectivity index (χ0n) is 11.1. The fourth-order valence-corrected chi connectivity index (χ4v) is 2.86. The Kier molecular flexibility index (Phi) is 3.31. The minimum absolute atomic E-state index is 0.193. The van der Waals surface area contributed by atoms with E-state index in [-0.39, 0.29) is 11.6 Å². The number of fused-ring (bicyclic) bond motifs is 1. The van der Waals surface area contributed by atoms with E-state index in [1.165, 1.54) is 11.1 Å². The number of benzene rings is 1. The summed E-state index contributed by atoms with van der Waals surface area (Å²) < 4.78 is 27.6. The Morgan fingerprint density at radius 1 is 1.35 bits per heavy atom. The van der Waals surface area contributed by atoms with Gasteiger partial charge < -0.3 is 9.84 Å². The van der Waals surface area contributed by atoms with Gasteiger partial charge in [0.2, 0.25) is 0 Å². The fourth-order valence-electron chi connectivity index (χ4n) is 2.28. The van der Waals surface area contributed by atoms with Crippen LogP contribution >= 0.6 is 0 Å². The average Bonchev–Trinajstić information content (AvgIpc) is 2.84. The third-order valence-corrected chi connectivity index (χ3v) is 3.98. The maximum atomic E-state index is 11.2. The molecule has 0 saturated heterocycles. The van der Waals surface area contributed by atoms with Gasteiger partial charge in [0.1, 0.15) is 5.75 Å². The summed E-state index contributed by atoms with van der Waals surface area (Å²) in [5, 5.41) is 7.02. The fraction of sp³-hybridized carbons (Fsp3) is 0.385. The molecule has 0 spiro atoms. The largest absolute Gasteiger partial charge is 0.334 e. The van der Waals surface area contributed by atoms with Gasteiger partial charge in [0.25, 0.3) is 5.89 Å². The lowest BCUT2D eigenvalue weighted by molar-refractivity contribution is 0.424. The highest BCUT2D eigenvalue weighted by Crippen LogP contribution is 2.23. The van der Waals surface area contributed by atoms with Crippen molar-refractivity contribution in [3.8, 4) is 11.5 Å². The zero-order chi connectivity index (χ0) is 14.2. The molecule has 1 aliphatic rings. The number of hydrogen-bond acceptors (Lipinski definition) is 6. The summed E-state index contributed by atoms with van der Waals surface area (Å²) in [6.45, 7) is 1.82. The highest BCUT2D eigenvalue weighted by molar-refractivity contribution is 7.89. The summed E-state index contributed by atoms with van der Waals surface area (Å²) in [6, 6.07) is 6.01. The van der Waals surface area contributed by atoms with Gasteiger partial charge in [-0.15, -0.1) is 0 Å². The number of aromatic nitrogens is 2. The molecule has 0 aliphatic carbocycles. The number of nitrogens with zero attached hydrogens (tertiary/aromatic N) is 2. The lowest BCUT2D eigenvalue weighted by atomic mass is 9.98. The molecule has 2 aromatic rings. The van der Waals surface area contributed by atoms with E-state index >= 15 is 0 Å². The first-order valence-corrected chi connectivity index (χ1v) is 8.40. The third kappa shape index (κ3) is 2.88. The zero-order valence-corrected chi connectivity index (χ0v) is 11.9. The summed E-state index contributed by atoms with van der Waals surface area (Å²) >= 11 is 0. The molecule has 0 radical (unpaired) electrons. The highest BCUT2D eigenvalue weighted by Gasteiger charge is 2.15. The van der Waals surface area contributed by atoms with Crippen LogP contribution in [0.15, 0.2) is 22.7 Å².